The second kappa shape index (κ2) is 7.84. The molecule has 2 aromatic carbocycles. The van der Waals surface area contributed by atoms with Gasteiger partial charge in [0.25, 0.3) is 0 Å². The first-order chi connectivity index (χ1) is 14.1. The third-order valence-electron chi connectivity index (χ3n) is 5.45. The summed E-state index contributed by atoms with van der Waals surface area (Å²) in [6.45, 7) is 0.0944. The molecule has 6 heteroatoms. The lowest BCUT2D eigenvalue weighted by Crippen LogP contribution is -2.64. The van der Waals surface area contributed by atoms with Gasteiger partial charge < -0.3 is 0 Å². The summed E-state index contributed by atoms with van der Waals surface area (Å²) in [6, 6.07) is 27.9. The van der Waals surface area contributed by atoms with Crippen LogP contribution in [-0.4, -0.2) is 17.0 Å². The van der Waals surface area contributed by atoms with Crippen LogP contribution in [0.4, 0.5) is 0 Å². The summed E-state index contributed by atoms with van der Waals surface area (Å²) in [5.74, 6) is -0.668. The van der Waals surface area contributed by atoms with Crippen LogP contribution < -0.4 is 0 Å². The van der Waals surface area contributed by atoms with E-state index in [2.05, 4.69) is 6.07 Å². The maximum Gasteiger partial charge on any atom is 0.229 e. The van der Waals surface area contributed by atoms with E-state index in [1.807, 2.05) is 84.9 Å². The molecule has 0 N–H and O–H groups in total. The van der Waals surface area contributed by atoms with Crippen LogP contribution in [0.3, 0.4) is 0 Å². The number of nitrogens with zero attached hydrogens (tertiary/aromatic N) is 6. The molecule has 29 heavy (non-hydrogen) atoms. The van der Waals surface area contributed by atoms with Crippen LogP contribution in [0.2, 0.25) is 0 Å². The van der Waals surface area contributed by atoms with E-state index in [1.54, 1.807) is 4.90 Å². The highest BCUT2D eigenvalue weighted by atomic mass is 15.3. The minimum absolute atomic E-state index is 0.0944. The van der Waals surface area contributed by atoms with Gasteiger partial charge in [0, 0.05) is 13.0 Å². The fourth-order valence-electron chi connectivity index (χ4n) is 4.03. The molecular formula is C23H16N6. The van der Waals surface area contributed by atoms with E-state index >= 15 is 0 Å². The van der Waals surface area contributed by atoms with Crippen molar-refractivity contribution < 1.29 is 0 Å². The molecule has 1 unspecified atom stereocenters. The van der Waals surface area contributed by atoms with Crippen molar-refractivity contribution in [3.63, 3.8) is 0 Å². The van der Waals surface area contributed by atoms with Crippen LogP contribution in [0.1, 0.15) is 23.6 Å². The topological polar surface area (TPSA) is 122 Å². The molecule has 138 valence electrons. The summed E-state index contributed by atoms with van der Waals surface area (Å²) in [5.41, 5.74) is -2.37. The van der Waals surface area contributed by atoms with Gasteiger partial charge in [0.1, 0.15) is 12.1 Å². The van der Waals surface area contributed by atoms with Gasteiger partial charge >= 0.3 is 0 Å². The molecule has 1 heterocycles. The predicted octanol–water partition coefficient (Wildman–Crippen LogP) is 3.44. The molecule has 1 saturated heterocycles. The molecule has 1 fully saturated rings. The summed E-state index contributed by atoms with van der Waals surface area (Å²) in [7, 11) is 0. The maximum absolute atomic E-state index is 10.1. The molecule has 3 rings (SSSR count). The van der Waals surface area contributed by atoms with Crippen LogP contribution in [-0.2, 0) is 0 Å². The van der Waals surface area contributed by atoms with E-state index < -0.39 is 22.9 Å². The van der Waals surface area contributed by atoms with Crippen LogP contribution >= 0.6 is 0 Å². The third-order valence-corrected chi connectivity index (χ3v) is 5.45. The Bertz CT molecular complexity index is 1020. The van der Waals surface area contributed by atoms with Crippen molar-refractivity contribution in [1.29, 1.82) is 26.3 Å². The molecule has 0 bridgehead atoms. The zero-order valence-corrected chi connectivity index (χ0v) is 15.5. The monoisotopic (exact) mass is 376 g/mol. The summed E-state index contributed by atoms with van der Waals surface area (Å²) in [5, 5.41) is 49.6. The number of rotatable bonds is 3. The van der Waals surface area contributed by atoms with Crippen molar-refractivity contribution in [2.75, 3.05) is 6.54 Å². The first-order valence-corrected chi connectivity index (χ1v) is 9.02. The number of piperidine rings is 1. The molecule has 0 radical (unpaired) electrons. The second-order valence-electron chi connectivity index (χ2n) is 6.97. The Labute approximate surface area is 169 Å². The van der Waals surface area contributed by atoms with Gasteiger partial charge in [-0.25, -0.2) is 0 Å². The number of hydrogen-bond acceptors (Lipinski definition) is 6. The van der Waals surface area contributed by atoms with Gasteiger partial charge in [-0.3, -0.25) is 4.90 Å². The Balaban J connectivity index is 2.32. The van der Waals surface area contributed by atoms with E-state index in [0.717, 1.165) is 11.1 Å². The summed E-state index contributed by atoms with van der Waals surface area (Å²) in [4.78, 5) is 1.56. The van der Waals surface area contributed by atoms with Gasteiger partial charge in [-0.1, -0.05) is 60.7 Å². The van der Waals surface area contributed by atoms with E-state index in [4.69, 9.17) is 0 Å². The largest absolute Gasteiger partial charge is 0.259 e. The Morgan fingerprint density at radius 2 is 1.24 bits per heavy atom. The average molecular weight is 376 g/mol. The smallest absolute Gasteiger partial charge is 0.229 e. The van der Waals surface area contributed by atoms with Crippen molar-refractivity contribution >= 4 is 0 Å². The Morgan fingerprint density at radius 1 is 0.759 bits per heavy atom. The molecule has 1 atom stereocenters. The summed E-state index contributed by atoms with van der Waals surface area (Å²) in [6.07, 6.45) is -0.148. The SMILES string of the molecule is N#CC1CN(C(c2ccccc2)c2ccccc2)C(C#N)(C#N)C(C#N)(C#N)C1. The molecule has 0 saturated carbocycles. The molecule has 0 amide bonds. The molecule has 1 aliphatic rings. The van der Waals surface area contributed by atoms with Gasteiger partial charge in [-0.15, -0.1) is 0 Å². The lowest BCUT2D eigenvalue weighted by atomic mass is 9.63. The highest BCUT2D eigenvalue weighted by Crippen LogP contribution is 2.49. The number of benzene rings is 2. The predicted molar refractivity (Wildman–Crippen MR) is 103 cm³/mol. The van der Waals surface area contributed by atoms with Gasteiger partial charge in [-0.2, -0.15) is 26.3 Å². The number of hydrogen-bond donors (Lipinski definition) is 0. The van der Waals surface area contributed by atoms with Crippen molar-refractivity contribution in [2.24, 2.45) is 11.3 Å². The van der Waals surface area contributed by atoms with Crippen molar-refractivity contribution in [3.05, 3.63) is 71.8 Å². The first kappa shape index (κ1) is 19.6. The lowest BCUT2D eigenvalue weighted by molar-refractivity contribution is 0.0228. The Morgan fingerprint density at radius 3 is 1.62 bits per heavy atom. The van der Waals surface area contributed by atoms with Crippen molar-refractivity contribution in [1.82, 2.24) is 4.90 Å². The highest BCUT2D eigenvalue weighted by molar-refractivity contribution is 5.45. The van der Waals surface area contributed by atoms with Crippen LogP contribution in [0.5, 0.6) is 0 Å². The van der Waals surface area contributed by atoms with E-state index in [9.17, 15) is 26.3 Å². The Kier molecular flexibility index (Phi) is 5.30. The van der Waals surface area contributed by atoms with Crippen LogP contribution in [0.15, 0.2) is 60.7 Å². The molecule has 0 spiro atoms. The van der Waals surface area contributed by atoms with Crippen molar-refractivity contribution in [3.8, 4) is 30.3 Å². The standard InChI is InChI=1S/C23H16N6/c24-12-18-11-22(14-25,15-26)23(16-27,17-28)29(13-18)21(19-7-3-1-4-8-19)20-9-5-2-6-10-20/h1-10,18,21H,11,13H2. The fraction of sp³-hybridized carbons (Fsp3) is 0.261. The van der Waals surface area contributed by atoms with E-state index in [0.29, 0.717) is 0 Å². The maximum atomic E-state index is 10.1. The number of likely N-dealkylation sites (tertiary alicyclic amines) is 1. The average Bonchev–Trinajstić information content (AvgIpc) is 2.80. The second-order valence-corrected chi connectivity index (χ2v) is 6.97. The van der Waals surface area contributed by atoms with Crippen molar-refractivity contribution in [2.45, 2.75) is 18.0 Å². The minimum atomic E-state index is -2.03. The van der Waals surface area contributed by atoms with Gasteiger partial charge in [-0.05, 0) is 11.1 Å². The Hall–Kier alpha value is -4.15. The lowest BCUT2D eigenvalue weighted by Gasteiger charge is -2.49. The summed E-state index contributed by atoms with van der Waals surface area (Å²) >= 11 is 0. The highest BCUT2D eigenvalue weighted by Gasteiger charge is 2.64. The molecule has 0 aromatic heterocycles. The molecular weight excluding hydrogens is 360 g/mol. The first-order valence-electron chi connectivity index (χ1n) is 9.02. The molecule has 0 aliphatic carbocycles. The van der Waals surface area contributed by atoms with Gasteiger partial charge in [0.2, 0.25) is 5.54 Å². The number of nitriles is 5. The van der Waals surface area contributed by atoms with Gasteiger partial charge in [0.05, 0.1) is 30.2 Å². The van der Waals surface area contributed by atoms with E-state index in [1.165, 1.54) is 0 Å². The zero-order chi connectivity index (χ0) is 20.9. The molecule has 2 aromatic rings. The zero-order valence-electron chi connectivity index (χ0n) is 15.5. The van der Waals surface area contributed by atoms with Crippen LogP contribution in [0.25, 0.3) is 0 Å². The third kappa shape index (κ3) is 2.98. The molecule has 6 nitrogen and oxygen atoms in total. The molecule has 1 aliphatic heterocycles. The fourth-order valence-corrected chi connectivity index (χ4v) is 4.03. The van der Waals surface area contributed by atoms with E-state index in [-0.39, 0.29) is 13.0 Å². The van der Waals surface area contributed by atoms with Gasteiger partial charge in [0.15, 0.2) is 5.41 Å². The minimum Gasteiger partial charge on any atom is -0.259 e. The summed E-state index contributed by atoms with van der Waals surface area (Å²) < 4.78 is 0. The normalized spacial score (nSPS) is 19.7. The van der Waals surface area contributed by atoms with Crippen LogP contribution in [0, 0.1) is 68.0 Å². The quantitative estimate of drug-likeness (QED) is 0.808.